The Kier molecular flexibility index (Phi) is 3.24. The SMILES string of the molecule is Nc1c(C=Nc2ccccc2)nnn1-c1ccccc1. The minimum Gasteiger partial charge on any atom is -0.382 e. The topological polar surface area (TPSA) is 69.1 Å². The van der Waals surface area contributed by atoms with Gasteiger partial charge in [0.05, 0.1) is 17.6 Å². The average molecular weight is 263 g/mol. The lowest BCUT2D eigenvalue weighted by Crippen LogP contribution is -2.02. The van der Waals surface area contributed by atoms with E-state index in [2.05, 4.69) is 15.3 Å². The zero-order valence-corrected chi connectivity index (χ0v) is 10.7. The minimum absolute atomic E-state index is 0.468. The van der Waals surface area contributed by atoms with Crippen LogP contribution in [0.1, 0.15) is 5.69 Å². The van der Waals surface area contributed by atoms with Gasteiger partial charge >= 0.3 is 0 Å². The van der Waals surface area contributed by atoms with Crippen molar-refractivity contribution in [2.75, 3.05) is 5.73 Å². The highest BCUT2D eigenvalue weighted by Gasteiger charge is 2.08. The lowest BCUT2D eigenvalue weighted by molar-refractivity contribution is 0.809. The predicted octanol–water partition coefficient (Wildman–Crippen LogP) is 2.60. The summed E-state index contributed by atoms with van der Waals surface area (Å²) in [5.41, 5.74) is 8.32. The second kappa shape index (κ2) is 5.36. The van der Waals surface area contributed by atoms with Crippen molar-refractivity contribution in [1.82, 2.24) is 15.0 Å². The van der Waals surface area contributed by atoms with Crippen molar-refractivity contribution in [3.63, 3.8) is 0 Å². The maximum Gasteiger partial charge on any atom is 0.156 e. The fourth-order valence-corrected chi connectivity index (χ4v) is 1.80. The van der Waals surface area contributed by atoms with E-state index in [1.165, 1.54) is 0 Å². The van der Waals surface area contributed by atoms with Gasteiger partial charge in [0.15, 0.2) is 5.82 Å². The van der Waals surface area contributed by atoms with Crippen LogP contribution in [0.3, 0.4) is 0 Å². The summed E-state index contributed by atoms with van der Waals surface area (Å²) in [5.74, 6) is 0.468. The number of hydrogen-bond acceptors (Lipinski definition) is 4. The quantitative estimate of drug-likeness (QED) is 0.738. The number of para-hydroxylation sites is 2. The molecule has 3 aromatic rings. The van der Waals surface area contributed by atoms with Crippen molar-refractivity contribution in [3.8, 4) is 5.69 Å². The van der Waals surface area contributed by atoms with Crippen molar-refractivity contribution < 1.29 is 0 Å². The van der Waals surface area contributed by atoms with Gasteiger partial charge in [0.1, 0.15) is 5.69 Å². The third-order valence-corrected chi connectivity index (χ3v) is 2.83. The van der Waals surface area contributed by atoms with Gasteiger partial charge in [0.25, 0.3) is 0 Å². The summed E-state index contributed by atoms with van der Waals surface area (Å²) < 4.78 is 1.59. The third kappa shape index (κ3) is 2.42. The first-order valence-corrected chi connectivity index (χ1v) is 6.20. The van der Waals surface area contributed by atoms with Crippen LogP contribution in [0, 0.1) is 0 Å². The van der Waals surface area contributed by atoms with E-state index in [9.17, 15) is 0 Å². The first kappa shape index (κ1) is 12.1. The Hall–Kier alpha value is -2.95. The molecule has 1 heterocycles. The van der Waals surface area contributed by atoms with Gasteiger partial charge in [-0.2, -0.15) is 4.68 Å². The summed E-state index contributed by atoms with van der Waals surface area (Å²) in [7, 11) is 0. The molecule has 0 saturated carbocycles. The van der Waals surface area contributed by atoms with Gasteiger partial charge in [-0.05, 0) is 24.3 Å². The van der Waals surface area contributed by atoms with Gasteiger partial charge in [0.2, 0.25) is 0 Å². The van der Waals surface area contributed by atoms with Crippen molar-refractivity contribution in [2.24, 2.45) is 4.99 Å². The Bertz CT molecular complexity index is 717. The second-order valence-corrected chi connectivity index (χ2v) is 4.20. The third-order valence-electron chi connectivity index (χ3n) is 2.83. The summed E-state index contributed by atoms with van der Waals surface area (Å²) in [6, 6.07) is 19.2. The fourth-order valence-electron chi connectivity index (χ4n) is 1.80. The van der Waals surface area contributed by atoms with Crippen molar-refractivity contribution >= 4 is 17.7 Å². The van der Waals surface area contributed by atoms with Crippen LogP contribution in [0.25, 0.3) is 5.69 Å². The monoisotopic (exact) mass is 263 g/mol. The Morgan fingerprint density at radius 2 is 1.60 bits per heavy atom. The number of aromatic nitrogens is 3. The molecule has 0 aliphatic heterocycles. The summed E-state index contributed by atoms with van der Waals surface area (Å²) in [4.78, 5) is 4.32. The summed E-state index contributed by atoms with van der Waals surface area (Å²) in [6.45, 7) is 0. The first-order valence-electron chi connectivity index (χ1n) is 6.20. The van der Waals surface area contributed by atoms with Crippen molar-refractivity contribution in [1.29, 1.82) is 0 Å². The molecule has 0 atom stereocenters. The van der Waals surface area contributed by atoms with Gasteiger partial charge in [-0.15, -0.1) is 5.10 Å². The van der Waals surface area contributed by atoms with E-state index >= 15 is 0 Å². The molecule has 0 saturated heterocycles. The highest BCUT2D eigenvalue weighted by Crippen LogP contribution is 2.15. The molecule has 0 amide bonds. The predicted molar refractivity (Wildman–Crippen MR) is 79.5 cm³/mol. The van der Waals surface area contributed by atoms with Crippen LogP contribution in [0.4, 0.5) is 11.5 Å². The number of nitrogens with zero attached hydrogens (tertiary/aromatic N) is 4. The van der Waals surface area contributed by atoms with Gasteiger partial charge in [-0.1, -0.05) is 41.6 Å². The van der Waals surface area contributed by atoms with E-state index in [0.29, 0.717) is 11.5 Å². The molecule has 2 aromatic carbocycles. The zero-order chi connectivity index (χ0) is 13.8. The molecule has 0 fully saturated rings. The molecule has 1 aromatic heterocycles. The standard InChI is InChI=1S/C15H13N5/c16-15-14(11-17-12-7-3-1-4-8-12)18-19-20(15)13-9-5-2-6-10-13/h1-11H,16H2. The molecule has 98 valence electrons. The van der Waals surface area contributed by atoms with Crippen molar-refractivity contribution in [2.45, 2.75) is 0 Å². The average Bonchev–Trinajstić information content (AvgIpc) is 2.88. The van der Waals surface area contributed by atoms with E-state index in [1.54, 1.807) is 10.9 Å². The number of anilines is 1. The Labute approximate surface area is 116 Å². The van der Waals surface area contributed by atoms with Crippen LogP contribution in [-0.4, -0.2) is 21.2 Å². The Morgan fingerprint density at radius 3 is 2.30 bits per heavy atom. The van der Waals surface area contributed by atoms with Gasteiger partial charge in [0, 0.05) is 0 Å². The summed E-state index contributed by atoms with van der Waals surface area (Å²) >= 11 is 0. The Balaban J connectivity index is 1.90. The Morgan fingerprint density at radius 1 is 0.950 bits per heavy atom. The molecule has 2 N–H and O–H groups in total. The summed E-state index contributed by atoms with van der Waals surface area (Å²) in [6.07, 6.45) is 1.62. The normalized spacial score (nSPS) is 11.0. The van der Waals surface area contributed by atoms with Crippen LogP contribution >= 0.6 is 0 Å². The molecule has 0 aliphatic carbocycles. The largest absolute Gasteiger partial charge is 0.382 e. The maximum atomic E-state index is 6.05. The van der Waals surface area contributed by atoms with E-state index in [0.717, 1.165) is 11.4 Å². The number of aliphatic imine (C=N–C) groups is 1. The molecule has 0 bridgehead atoms. The second-order valence-electron chi connectivity index (χ2n) is 4.20. The van der Waals surface area contributed by atoms with Crippen LogP contribution in [0.15, 0.2) is 65.7 Å². The van der Waals surface area contributed by atoms with Gasteiger partial charge in [-0.25, -0.2) is 0 Å². The molecule has 5 heteroatoms. The van der Waals surface area contributed by atoms with Gasteiger partial charge in [-0.3, -0.25) is 4.99 Å². The molecule has 0 radical (unpaired) electrons. The van der Waals surface area contributed by atoms with Gasteiger partial charge < -0.3 is 5.73 Å². The number of nitrogens with two attached hydrogens (primary N) is 1. The number of benzene rings is 2. The number of rotatable bonds is 3. The first-order chi connectivity index (χ1) is 9.84. The molecule has 0 aliphatic rings. The highest BCUT2D eigenvalue weighted by atomic mass is 15.5. The van der Waals surface area contributed by atoms with E-state index in [1.807, 2.05) is 60.7 Å². The summed E-state index contributed by atoms with van der Waals surface area (Å²) in [5, 5.41) is 8.09. The lowest BCUT2D eigenvalue weighted by atomic mass is 10.3. The van der Waals surface area contributed by atoms with Crippen LogP contribution in [0.2, 0.25) is 0 Å². The molecular formula is C15H13N5. The lowest BCUT2D eigenvalue weighted by Gasteiger charge is -2.01. The molecule has 0 unspecified atom stereocenters. The smallest absolute Gasteiger partial charge is 0.156 e. The van der Waals surface area contributed by atoms with E-state index in [4.69, 9.17) is 5.73 Å². The number of nitrogen functional groups attached to an aromatic ring is 1. The molecule has 0 spiro atoms. The zero-order valence-electron chi connectivity index (χ0n) is 10.7. The maximum absolute atomic E-state index is 6.05. The van der Waals surface area contributed by atoms with E-state index in [-0.39, 0.29) is 0 Å². The van der Waals surface area contributed by atoms with Crippen molar-refractivity contribution in [3.05, 3.63) is 66.4 Å². The molecule has 3 rings (SSSR count). The minimum atomic E-state index is 0.468. The number of hydrogen-bond donors (Lipinski definition) is 1. The molecule has 20 heavy (non-hydrogen) atoms. The van der Waals surface area contributed by atoms with Crippen LogP contribution in [0.5, 0.6) is 0 Å². The van der Waals surface area contributed by atoms with E-state index < -0.39 is 0 Å². The van der Waals surface area contributed by atoms with Crippen LogP contribution < -0.4 is 5.73 Å². The highest BCUT2D eigenvalue weighted by molar-refractivity contribution is 5.85. The molecular weight excluding hydrogens is 250 g/mol. The fraction of sp³-hybridized carbons (Fsp3) is 0. The van der Waals surface area contributed by atoms with Crippen LogP contribution in [-0.2, 0) is 0 Å². The molecule has 5 nitrogen and oxygen atoms in total.